The summed E-state index contributed by atoms with van der Waals surface area (Å²) < 4.78 is 14.5. The highest BCUT2D eigenvalue weighted by Crippen LogP contribution is 2.36. The van der Waals surface area contributed by atoms with E-state index in [4.69, 9.17) is 11.6 Å². The number of hydrogen-bond donors (Lipinski definition) is 0. The Hall–Kier alpha value is -1.04. The van der Waals surface area contributed by atoms with Gasteiger partial charge in [-0.1, -0.05) is 29.8 Å². The molecule has 0 radical (unpaired) electrons. The van der Waals surface area contributed by atoms with E-state index in [1.54, 1.807) is 30.0 Å². The fourth-order valence-electron chi connectivity index (χ4n) is 2.54. The van der Waals surface area contributed by atoms with Crippen molar-refractivity contribution in [1.29, 1.82) is 0 Å². The van der Waals surface area contributed by atoms with E-state index in [1.165, 1.54) is 17.4 Å². The molecular formula is C16H15ClFNOS2. The predicted molar refractivity (Wildman–Crippen MR) is 91.4 cm³/mol. The van der Waals surface area contributed by atoms with Crippen molar-refractivity contribution in [3.8, 4) is 0 Å². The topological polar surface area (TPSA) is 20.3 Å². The lowest BCUT2D eigenvalue weighted by Crippen LogP contribution is -2.32. The second-order valence-corrected chi connectivity index (χ2v) is 8.09. The molecule has 1 atom stereocenters. The zero-order valence-electron chi connectivity index (χ0n) is 11.8. The molecule has 1 aromatic heterocycles. The Balaban J connectivity index is 1.70. The van der Waals surface area contributed by atoms with Gasteiger partial charge in [0.25, 0.3) is 5.91 Å². The quantitative estimate of drug-likeness (QED) is 0.766. The summed E-state index contributed by atoms with van der Waals surface area (Å²) >= 11 is 8.92. The molecular weight excluding hydrogens is 341 g/mol. The van der Waals surface area contributed by atoms with Gasteiger partial charge in [-0.2, -0.15) is 11.8 Å². The zero-order chi connectivity index (χ0) is 15.5. The van der Waals surface area contributed by atoms with Crippen LogP contribution in [0.15, 0.2) is 36.4 Å². The Bertz CT molecular complexity index is 676. The van der Waals surface area contributed by atoms with Crippen molar-refractivity contribution in [3.63, 3.8) is 0 Å². The van der Waals surface area contributed by atoms with Crippen molar-refractivity contribution < 1.29 is 9.18 Å². The number of rotatable bonds is 2. The second-order valence-electron chi connectivity index (χ2n) is 5.07. The van der Waals surface area contributed by atoms with Gasteiger partial charge in [0.15, 0.2) is 0 Å². The average Bonchev–Trinajstić information content (AvgIpc) is 2.81. The third kappa shape index (κ3) is 3.47. The summed E-state index contributed by atoms with van der Waals surface area (Å²) in [5.41, 5.74) is 0.737. The summed E-state index contributed by atoms with van der Waals surface area (Å²) in [7, 11) is 0. The molecule has 22 heavy (non-hydrogen) atoms. The minimum Gasteiger partial charge on any atom is -0.337 e. The molecule has 0 bridgehead atoms. The van der Waals surface area contributed by atoms with Crippen LogP contribution in [0, 0.1) is 5.82 Å². The number of carbonyl (C=O) groups excluding carboxylic acids is 1. The molecule has 0 spiro atoms. The van der Waals surface area contributed by atoms with Crippen molar-refractivity contribution in [3.05, 3.63) is 57.0 Å². The van der Waals surface area contributed by atoms with Crippen LogP contribution in [0.5, 0.6) is 0 Å². The van der Waals surface area contributed by atoms with Crippen LogP contribution < -0.4 is 0 Å². The summed E-state index contributed by atoms with van der Waals surface area (Å²) in [5, 5.41) is 0.103. The Morgan fingerprint density at radius 2 is 2.05 bits per heavy atom. The Morgan fingerprint density at radius 3 is 2.77 bits per heavy atom. The molecule has 1 saturated heterocycles. The molecule has 0 saturated carbocycles. The summed E-state index contributed by atoms with van der Waals surface area (Å²) in [6.07, 6.45) is 0.760. The molecule has 2 aromatic rings. The minimum absolute atomic E-state index is 0.0201. The van der Waals surface area contributed by atoms with Crippen LogP contribution in [0.1, 0.15) is 26.9 Å². The average molecular weight is 356 g/mol. The summed E-state index contributed by atoms with van der Waals surface area (Å²) in [6, 6.07) is 10.4. The van der Waals surface area contributed by atoms with Crippen LogP contribution in [0.3, 0.4) is 0 Å². The number of hydrogen-bond acceptors (Lipinski definition) is 3. The number of carbonyl (C=O) groups is 1. The van der Waals surface area contributed by atoms with E-state index in [9.17, 15) is 9.18 Å². The lowest BCUT2D eigenvalue weighted by atomic mass is 10.1. The maximum absolute atomic E-state index is 13.9. The molecule has 0 aliphatic carbocycles. The maximum atomic E-state index is 13.9. The molecule has 116 valence electrons. The van der Waals surface area contributed by atoms with E-state index < -0.39 is 0 Å². The number of thiophene rings is 1. The first kappa shape index (κ1) is 15.8. The van der Waals surface area contributed by atoms with E-state index in [2.05, 4.69) is 0 Å². The van der Waals surface area contributed by atoms with E-state index in [0.29, 0.717) is 22.3 Å². The number of halogens is 2. The van der Waals surface area contributed by atoms with Crippen molar-refractivity contribution in [2.45, 2.75) is 11.7 Å². The minimum atomic E-state index is -0.162. The van der Waals surface area contributed by atoms with Gasteiger partial charge >= 0.3 is 0 Å². The van der Waals surface area contributed by atoms with E-state index >= 15 is 0 Å². The van der Waals surface area contributed by atoms with Gasteiger partial charge in [-0.25, -0.2) is 4.39 Å². The van der Waals surface area contributed by atoms with Crippen LogP contribution in [0.2, 0.25) is 4.34 Å². The third-order valence-corrected chi connectivity index (χ3v) is 6.19. The van der Waals surface area contributed by atoms with Gasteiger partial charge in [-0.15, -0.1) is 11.3 Å². The van der Waals surface area contributed by atoms with Crippen molar-refractivity contribution in [2.75, 3.05) is 18.8 Å². The summed E-state index contributed by atoms with van der Waals surface area (Å²) in [4.78, 5) is 15.0. The number of nitrogens with zero attached hydrogens (tertiary/aromatic N) is 1. The zero-order valence-corrected chi connectivity index (χ0v) is 14.2. The van der Waals surface area contributed by atoms with Crippen LogP contribution in [-0.2, 0) is 0 Å². The van der Waals surface area contributed by atoms with Gasteiger partial charge in [0.2, 0.25) is 0 Å². The first-order chi connectivity index (χ1) is 10.6. The highest BCUT2D eigenvalue weighted by molar-refractivity contribution is 7.99. The molecule has 1 unspecified atom stereocenters. The fraction of sp³-hybridized carbons (Fsp3) is 0.312. The van der Waals surface area contributed by atoms with Gasteiger partial charge < -0.3 is 4.90 Å². The normalized spacial score (nSPS) is 19.0. The highest BCUT2D eigenvalue weighted by Gasteiger charge is 2.24. The summed E-state index contributed by atoms with van der Waals surface area (Å²) in [5.74, 6) is 0.667. The van der Waals surface area contributed by atoms with Crippen molar-refractivity contribution in [2.24, 2.45) is 0 Å². The highest BCUT2D eigenvalue weighted by atomic mass is 35.5. The van der Waals surface area contributed by atoms with E-state index in [1.807, 2.05) is 17.0 Å². The maximum Gasteiger partial charge on any atom is 0.264 e. The molecule has 0 N–H and O–H groups in total. The first-order valence-electron chi connectivity index (χ1n) is 7.06. The Labute approximate surface area is 142 Å². The molecule has 1 aromatic carbocycles. The van der Waals surface area contributed by atoms with Gasteiger partial charge in [0.05, 0.1) is 9.21 Å². The second kappa shape index (κ2) is 7.02. The van der Waals surface area contributed by atoms with Gasteiger partial charge in [0, 0.05) is 29.7 Å². The van der Waals surface area contributed by atoms with Crippen LogP contribution in [0.25, 0.3) is 0 Å². The number of benzene rings is 1. The number of amides is 1. The summed E-state index contributed by atoms with van der Waals surface area (Å²) in [6.45, 7) is 1.32. The Kier molecular flexibility index (Phi) is 5.06. The molecule has 6 heteroatoms. The smallest absolute Gasteiger partial charge is 0.264 e. The SMILES string of the molecule is O=C(c1ccc(Cl)s1)N1CCSC(c2ccccc2F)CC1. The van der Waals surface area contributed by atoms with Gasteiger partial charge in [-0.3, -0.25) is 4.79 Å². The standard InChI is InChI=1S/C16H15ClFNOS2/c17-15-6-5-14(22-15)16(20)19-8-7-13(21-10-9-19)11-3-1-2-4-12(11)18/h1-6,13H,7-10H2. The van der Waals surface area contributed by atoms with Gasteiger partial charge in [0.1, 0.15) is 5.82 Å². The third-order valence-electron chi connectivity index (χ3n) is 3.66. The largest absolute Gasteiger partial charge is 0.337 e. The molecule has 2 nitrogen and oxygen atoms in total. The molecule has 1 aliphatic heterocycles. The molecule has 1 fully saturated rings. The monoisotopic (exact) mass is 355 g/mol. The van der Waals surface area contributed by atoms with Crippen LogP contribution >= 0.6 is 34.7 Å². The lowest BCUT2D eigenvalue weighted by molar-refractivity contribution is 0.0771. The molecule has 1 aliphatic rings. The Morgan fingerprint density at radius 1 is 1.23 bits per heavy atom. The van der Waals surface area contributed by atoms with E-state index in [-0.39, 0.29) is 17.0 Å². The molecule has 3 rings (SSSR count). The van der Waals surface area contributed by atoms with Crippen LogP contribution in [-0.4, -0.2) is 29.6 Å². The molecule has 1 amide bonds. The van der Waals surface area contributed by atoms with Crippen molar-refractivity contribution >= 4 is 40.6 Å². The van der Waals surface area contributed by atoms with E-state index in [0.717, 1.165) is 17.7 Å². The van der Waals surface area contributed by atoms with Crippen molar-refractivity contribution in [1.82, 2.24) is 4.90 Å². The van der Waals surface area contributed by atoms with Gasteiger partial charge in [-0.05, 0) is 24.6 Å². The lowest BCUT2D eigenvalue weighted by Gasteiger charge is -2.19. The first-order valence-corrected chi connectivity index (χ1v) is 9.30. The predicted octanol–water partition coefficient (Wildman–Crippen LogP) is 4.86. The fourth-order valence-corrected chi connectivity index (χ4v) is 4.81. The number of thioether (sulfide) groups is 1. The van der Waals surface area contributed by atoms with Crippen LogP contribution in [0.4, 0.5) is 4.39 Å². The molecule has 2 heterocycles.